The monoisotopic (exact) mass is 463 g/mol. The van der Waals surface area contributed by atoms with Crippen LogP contribution in [0.3, 0.4) is 0 Å². The Balaban J connectivity index is 1.66. The molecule has 0 aliphatic carbocycles. The first-order valence-electron chi connectivity index (χ1n) is 13.0. The summed E-state index contributed by atoms with van der Waals surface area (Å²) in [5.41, 5.74) is 15.0. The van der Waals surface area contributed by atoms with Crippen molar-refractivity contribution in [3.63, 3.8) is 0 Å². The van der Waals surface area contributed by atoms with Crippen molar-refractivity contribution in [3.05, 3.63) is 119 Å². The van der Waals surface area contributed by atoms with Gasteiger partial charge in [0.05, 0.1) is 0 Å². The largest absolute Gasteiger partial charge is 0.312 e. The number of benzene rings is 5. The summed E-state index contributed by atoms with van der Waals surface area (Å²) in [5, 5.41) is 2.70. The quantitative estimate of drug-likeness (QED) is 0.245. The lowest BCUT2D eigenvalue weighted by molar-refractivity contribution is 0.642. The number of anilines is 3. The molecule has 0 atom stereocenters. The van der Waals surface area contributed by atoms with E-state index < -0.39 is 0 Å². The Morgan fingerprint density at radius 2 is 1.39 bits per heavy atom. The van der Waals surface area contributed by atoms with Gasteiger partial charge in [-0.25, -0.2) is 0 Å². The second-order valence-electron chi connectivity index (χ2n) is 11.2. The molecule has 0 unspecified atom stereocenters. The van der Waals surface area contributed by atoms with Crippen molar-refractivity contribution in [2.45, 2.75) is 40.0 Å². The van der Waals surface area contributed by atoms with Crippen LogP contribution in [0.5, 0.6) is 0 Å². The van der Waals surface area contributed by atoms with Gasteiger partial charge >= 0.3 is 0 Å². The Labute approximate surface area is 214 Å². The van der Waals surface area contributed by atoms with E-state index >= 15 is 0 Å². The predicted octanol–water partition coefficient (Wildman–Crippen LogP) is 6.70. The SMILES string of the molecule is Cc1ccc(N2c3ccc(C)cc3B3c4c2ccc(C)c4C(C)(C)c2ccc4ccccc4c23)cc1. The van der Waals surface area contributed by atoms with E-state index in [4.69, 9.17) is 0 Å². The van der Waals surface area contributed by atoms with Gasteiger partial charge in [0.2, 0.25) is 6.71 Å². The molecular weight excluding hydrogens is 433 g/mol. The van der Waals surface area contributed by atoms with Crippen LogP contribution in [0.15, 0.2) is 91.0 Å². The smallest absolute Gasteiger partial charge is 0.248 e. The van der Waals surface area contributed by atoms with Crippen molar-refractivity contribution in [2.75, 3.05) is 4.90 Å². The summed E-state index contributed by atoms with van der Waals surface area (Å²) in [6.07, 6.45) is 0. The second kappa shape index (κ2) is 7.37. The van der Waals surface area contributed by atoms with E-state index in [1.165, 1.54) is 72.0 Å². The number of nitrogens with zero attached hydrogens (tertiary/aromatic N) is 1. The molecule has 0 bridgehead atoms. The minimum Gasteiger partial charge on any atom is -0.312 e. The molecule has 2 heterocycles. The highest BCUT2D eigenvalue weighted by Gasteiger charge is 2.47. The van der Waals surface area contributed by atoms with Gasteiger partial charge in [-0.2, -0.15) is 0 Å². The topological polar surface area (TPSA) is 3.24 Å². The van der Waals surface area contributed by atoms with Gasteiger partial charge in [0.15, 0.2) is 0 Å². The maximum atomic E-state index is 2.50. The van der Waals surface area contributed by atoms with Gasteiger partial charge in [0.1, 0.15) is 0 Å². The molecule has 2 heteroatoms. The van der Waals surface area contributed by atoms with Crippen LogP contribution in [0, 0.1) is 20.8 Å². The van der Waals surface area contributed by atoms with Crippen molar-refractivity contribution >= 4 is 50.9 Å². The van der Waals surface area contributed by atoms with Gasteiger partial charge in [-0.15, -0.1) is 0 Å². The highest BCUT2D eigenvalue weighted by atomic mass is 15.1. The summed E-state index contributed by atoms with van der Waals surface area (Å²) >= 11 is 0. The third kappa shape index (κ3) is 2.79. The van der Waals surface area contributed by atoms with Crippen LogP contribution in [-0.2, 0) is 5.41 Å². The lowest BCUT2D eigenvalue weighted by atomic mass is 9.29. The maximum absolute atomic E-state index is 2.50. The predicted molar refractivity (Wildman–Crippen MR) is 156 cm³/mol. The molecule has 0 spiro atoms. The summed E-state index contributed by atoms with van der Waals surface area (Å²) in [7, 11) is 0. The first kappa shape index (κ1) is 21.5. The first-order valence-corrected chi connectivity index (χ1v) is 13.0. The van der Waals surface area contributed by atoms with Crippen molar-refractivity contribution in [1.29, 1.82) is 0 Å². The zero-order valence-electron chi connectivity index (χ0n) is 21.7. The Kier molecular flexibility index (Phi) is 4.40. The normalized spacial score (nSPS) is 14.9. The molecular formula is C34H30BN. The number of hydrogen-bond donors (Lipinski definition) is 0. The van der Waals surface area contributed by atoms with E-state index in [1.807, 2.05) is 0 Å². The lowest BCUT2D eigenvalue weighted by Gasteiger charge is -2.46. The fourth-order valence-electron chi connectivity index (χ4n) is 6.99. The van der Waals surface area contributed by atoms with E-state index in [0.717, 1.165) is 0 Å². The molecule has 0 radical (unpaired) electrons. The van der Waals surface area contributed by atoms with Crippen molar-refractivity contribution in [3.8, 4) is 0 Å². The molecule has 1 nitrogen and oxygen atoms in total. The van der Waals surface area contributed by atoms with Crippen LogP contribution in [0.4, 0.5) is 17.1 Å². The Bertz CT molecular complexity index is 1690. The third-order valence-corrected chi connectivity index (χ3v) is 8.55. The van der Waals surface area contributed by atoms with Crippen LogP contribution in [0.2, 0.25) is 0 Å². The van der Waals surface area contributed by atoms with Crippen molar-refractivity contribution in [2.24, 2.45) is 0 Å². The molecule has 0 saturated heterocycles. The minimum absolute atomic E-state index is 0.0917. The van der Waals surface area contributed by atoms with Gasteiger partial charge in [0, 0.05) is 22.5 Å². The van der Waals surface area contributed by atoms with Crippen LogP contribution >= 0.6 is 0 Å². The van der Waals surface area contributed by atoms with Crippen LogP contribution < -0.4 is 21.3 Å². The number of fused-ring (bicyclic) bond motifs is 6. The van der Waals surface area contributed by atoms with Crippen LogP contribution in [0.1, 0.15) is 41.7 Å². The van der Waals surface area contributed by atoms with E-state index in [1.54, 1.807) is 0 Å². The van der Waals surface area contributed by atoms with Gasteiger partial charge in [-0.1, -0.05) is 97.2 Å². The Morgan fingerprint density at radius 1 is 0.667 bits per heavy atom. The maximum Gasteiger partial charge on any atom is 0.248 e. The molecule has 0 amide bonds. The first-order chi connectivity index (χ1) is 17.4. The second-order valence-corrected chi connectivity index (χ2v) is 11.2. The standard InChI is InChI=1S/C34H30BN/c1-21-10-15-25(16-11-21)36-29-18-12-22(2)20-28(29)35-32-26-9-7-6-8-24(26)14-17-27(32)34(4,5)31-23(3)13-19-30(36)33(31)35/h6-20H,1-5H3. The molecule has 2 aliphatic rings. The summed E-state index contributed by atoms with van der Waals surface area (Å²) < 4.78 is 0. The van der Waals surface area contributed by atoms with Gasteiger partial charge in [-0.3, -0.25) is 0 Å². The number of aryl methyl sites for hydroxylation is 3. The average Bonchev–Trinajstić information content (AvgIpc) is 2.87. The van der Waals surface area contributed by atoms with Crippen molar-refractivity contribution < 1.29 is 0 Å². The highest BCUT2D eigenvalue weighted by molar-refractivity contribution is 7.00. The molecule has 7 rings (SSSR count). The molecule has 5 aromatic rings. The average molecular weight is 463 g/mol. The number of hydrogen-bond acceptors (Lipinski definition) is 1. The molecule has 36 heavy (non-hydrogen) atoms. The molecule has 174 valence electrons. The summed E-state index contributed by atoms with van der Waals surface area (Å²) in [6.45, 7) is 11.7. The fraction of sp³-hybridized carbons (Fsp3) is 0.176. The van der Waals surface area contributed by atoms with Gasteiger partial charge in [-0.05, 0) is 83.4 Å². The van der Waals surface area contributed by atoms with Crippen LogP contribution in [-0.4, -0.2) is 6.71 Å². The van der Waals surface area contributed by atoms with Crippen molar-refractivity contribution in [1.82, 2.24) is 0 Å². The Hall–Kier alpha value is -3.78. The van der Waals surface area contributed by atoms with Crippen LogP contribution in [0.25, 0.3) is 10.8 Å². The zero-order chi connectivity index (χ0) is 24.8. The summed E-state index contributed by atoms with van der Waals surface area (Å²) in [6, 6.07) is 34.3. The molecule has 2 aliphatic heterocycles. The molecule has 0 N–H and O–H groups in total. The zero-order valence-corrected chi connectivity index (χ0v) is 21.7. The summed E-state index contributed by atoms with van der Waals surface area (Å²) in [5.74, 6) is 0. The lowest BCUT2D eigenvalue weighted by Crippen LogP contribution is -2.64. The third-order valence-electron chi connectivity index (χ3n) is 8.55. The van der Waals surface area contributed by atoms with E-state index in [-0.39, 0.29) is 12.1 Å². The van der Waals surface area contributed by atoms with Gasteiger partial charge in [0.25, 0.3) is 0 Å². The van der Waals surface area contributed by atoms with Gasteiger partial charge < -0.3 is 4.90 Å². The minimum atomic E-state index is -0.0917. The highest BCUT2D eigenvalue weighted by Crippen LogP contribution is 2.44. The number of rotatable bonds is 1. The molecule has 0 saturated carbocycles. The summed E-state index contributed by atoms with van der Waals surface area (Å²) in [4.78, 5) is 2.50. The van der Waals surface area contributed by atoms with E-state index in [2.05, 4.69) is 131 Å². The van der Waals surface area contributed by atoms with E-state index in [0.29, 0.717) is 0 Å². The molecule has 0 fully saturated rings. The Morgan fingerprint density at radius 3 is 2.19 bits per heavy atom. The molecule has 5 aromatic carbocycles. The fourth-order valence-corrected chi connectivity index (χ4v) is 6.99. The molecule has 0 aromatic heterocycles. The van der Waals surface area contributed by atoms with E-state index in [9.17, 15) is 0 Å².